The number of thiazole rings is 1. The van der Waals surface area contributed by atoms with Crippen LogP contribution in [0.5, 0.6) is 0 Å². The minimum atomic E-state index is -0.354. The van der Waals surface area contributed by atoms with Crippen molar-refractivity contribution in [2.75, 3.05) is 0 Å². The Kier molecular flexibility index (Phi) is 4.83. The molecule has 0 saturated carbocycles. The molecule has 0 amide bonds. The number of aliphatic hydroxyl groups is 1. The standard InChI is InChI=1S/C16H15N5OS2/c1-3-13-19-16(21-20-13)23-9(2)14(22)10(8-17)15-18-11-6-4-5-7-12(11)24-15/h4-7,9,22H,3H2,1-2H3,(H,19,20,21)/b14-10-. The van der Waals surface area contributed by atoms with Gasteiger partial charge in [0, 0.05) is 6.42 Å². The van der Waals surface area contributed by atoms with E-state index in [1.165, 1.54) is 23.1 Å². The number of hydrogen-bond donors (Lipinski definition) is 2. The maximum atomic E-state index is 10.5. The van der Waals surface area contributed by atoms with Gasteiger partial charge in [0.15, 0.2) is 0 Å². The van der Waals surface area contributed by atoms with Gasteiger partial charge < -0.3 is 5.11 Å². The number of fused-ring (bicyclic) bond motifs is 1. The van der Waals surface area contributed by atoms with Gasteiger partial charge in [0.05, 0.1) is 15.5 Å². The summed E-state index contributed by atoms with van der Waals surface area (Å²) in [7, 11) is 0. The van der Waals surface area contributed by atoms with E-state index in [-0.39, 0.29) is 16.6 Å². The average molecular weight is 357 g/mol. The molecule has 2 aromatic heterocycles. The van der Waals surface area contributed by atoms with Crippen molar-refractivity contribution < 1.29 is 5.11 Å². The maximum absolute atomic E-state index is 10.5. The highest BCUT2D eigenvalue weighted by molar-refractivity contribution is 7.99. The van der Waals surface area contributed by atoms with Crippen molar-refractivity contribution in [1.82, 2.24) is 20.2 Å². The number of nitriles is 1. The van der Waals surface area contributed by atoms with Crippen LogP contribution in [0.3, 0.4) is 0 Å². The topological polar surface area (TPSA) is 98.5 Å². The first-order chi connectivity index (χ1) is 11.6. The lowest BCUT2D eigenvalue weighted by Gasteiger charge is -2.09. The van der Waals surface area contributed by atoms with E-state index in [0.29, 0.717) is 10.2 Å². The summed E-state index contributed by atoms with van der Waals surface area (Å²) >= 11 is 2.69. The molecule has 0 saturated heterocycles. The van der Waals surface area contributed by atoms with Crippen LogP contribution >= 0.6 is 23.1 Å². The lowest BCUT2D eigenvalue weighted by atomic mass is 10.2. The Morgan fingerprint density at radius 3 is 2.88 bits per heavy atom. The second-order valence-corrected chi connectivity index (χ2v) is 7.38. The molecule has 0 radical (unpaired) electrons. The number of para-hydroxylation sites is 1. The summed E-state index contributed by atoms with van der Waals surface area (Å²) < 4.78 is 0.981. The first kappa shape index (κ1) is 16.5. The third-order valence-electron chi connectivity index (χ3n) is 3.39. The Bertz CT molecular complexity index is 904. The van der Waals surface area contributed by atoms with Crippen LogP contribution in [0.15, 0.2) is 35.2 Å². The predicted octanol–water partition coefficient (Wildman–Crippen LogP) is 3.95. The predicted molar refractivity (Wildman–Crippen MR) is 95.9 cm³/mol. The van der Waals surface area contributed by atoms with Gasteiger partial charge in [0.2, 0.25) is 5.16 Å². The number of H-pyrrole nitrogens is 1. The van der Waals surface area contributed by atoms with Crippen molar-refractivity contribution in [1.29, 1.82) is 5.26 Å². The van der Waals surface area contributed by atoms with E-state index in [1.54, 1.807) is 0 Å². The van der Waals surface area contributed by atoms with Gasteiger partial charge in [-0.3, -0.25) is 5.10 Å². The molecule has 2 heterocycles. The van der Waals surface area contributed by atoms with Gasteiger partial charge in [-0.05, 0) is 19.1 Å². The molecule has 3 aromatic rings. The van der Waals surface area contributed by atoms with E-state index in [0.717, 1.165) is 22.5 Å². The number of allylic oxidation sites excluding steroid dienone is 1. The molecule has 1 unspecified atom stereocenters. The van der Waals surface area contributed by atoms with Crippen molar-refractivity contribution in [2.45, 2.75) is 30.7 Å². The number of nitrogens with one attached hydrogen (secondary N) is 1. The number of benzene rings is 1. The van der Waals surface area contributed by atoms with Gasteiger partial charge >= 0.3 is 0 Å². The van der Waals surface area contributed by atoms with Gasteiger partial charge in [0.25, 0.3) is 0 Å². The zero-order valence-electron chi connectivity index (χ0n) is 13.1. The summed E-state index contributed by atoms with van der Waals surface area (Å²) in [6.07, 6.45) is 0.763. The summed E-state index contributed by atoms with van der Waals surface area (Å²) in [6, 6.07) is 9.73. The molecule has 0 bridgehead atoms. The molecule has 8 heteroatoms. The molecular weight excluding hydrogens is 342 g/mol. The van der Waals surface area contributed by atoms with Gasteiger partial charge in [-0.15, -0.1) is 16.4 Å². The normalized spacial score (nSPS) is 13.5. The molecule has 6 nitrogen and oxygen atoms in total. The van der Waals surface area contributed by atoms with E-state index in [1.807, 2.05) is 38.1 Å². The van der Waals surface area contributed by atoms with E-state index >= 15 is 0 Å². The SMILES string of the molecule is CCc1nc(SC(C)/C(O)=C(\C#N)c2nc3ccccc3s2)n[nH]1. The van der Waals surface area contributed by atoms with Gasteiger partial charge in [-0.2, -0.15) is 5.26 Å². The molecule has 24 heavy (non-hydrogen) atoms. The van der Waals surface area contributed by atoms with E-state index in [9.17, 15) is 10.4 Å². The van der Waals surface area contributed by atoms with Gasteiger partial charge in [0.1, 0.15) is 28.2 Å². The minimum Gasteiger partial charge on any atom is -0.510 e. The highest BCUT2D eigenvalue weighted by Gasteiger charge is 2.20. The second-order valence-electron chi connectivity index (χ2n) is 5.04. The van der Waals surface area contributed by atoms with Crippen molar-refractivity contribution in [3.8, 4) is 6.07 Å². The Hall–Kier alpha value is -2.37. The molecule has 1 aromatic carbocycles. The number of hydrogen-bond acceptors (Lipinski definition) is 7. The fourth-order valence-corrected chi connectivity index (χ4v) is 3.88. The first-order valence-corrected chi connectivity index (χ1v) is 9.09. The van der Waals surface area contributed by atoms with Crippen LogP contribution in [-0.4, -0.2) is 30.5 Å². The van der Waals surface area contributed by atoms with Crippen LogP contribution in [0.25, 0.3) is 15.8 Å². The van der Waals surface area contributed by atoms with Crippen molar-refractivity contribution in [2.24, 2.45) is 0 Å². The second kappa shape index (κ2) is 7.03. The lowest BCUT2D eigenvalue weighted by molar-refractivity contribution is 0.402. The lowest BCUT2D eigenvalue weighted by Crippen LogP contribution is -2.04. The number of aromatic nitrogens is 4. The summed E-state index contributed by atoms with van der Waals surface area (Å²) in [6.45, 7) is 3.79. The number of rotatable bonds is 5. The molecule has 1 atom stereocenters. The van der Waals surface area contributed by atoms with Crippen LogP contribution in [0.4, 0.5) is 0 Å². The molecule has 0 aliphatic rings. The minimum absolute atomic E-state index is 0.00981. The molecule has 0 fully saturated rings. The highest BCUT2D eigenvalue weighted by Crippen LogP contribution is 2.32. The van der Waals surface area contributed by atoms with E-state index in [4.69, 9.17) is 0 Å². The van der Waals surface area contributed by atoms with Crippen LogP contribution < -0.4 is 0 Å². The zero-order valence-corrected chi connectivity index (χ0v) is 14.8. The Balaban J connectivity index is 1.90. The number of nitrogens with zero attached hydrogens (tertiary/aromatic N) is 4. The monoisotopic (exact) mass is 357 g/mol. The Morgan fingerprint density at radius 1 is 1.42 bits per heavy atom. The largest absolute Gasteiger partial charge is 0.510 e. The summed E-state index contributed by atoms with van der Waals surface area (Å²) in [5.74, 6) is 0.782. The maximum Gasteiger partial charge on any atom is 0.209 e. The fraction of sp³-hybridized carbons (Fsp3) is 0.250. The smallest absolute Gasteiger partial charge is 0.209 e. The average Bonchev–Trinajstić information content (AvgIpc) is 3.21. The zero-order chi connectivity index (χ0) is 17.1. The molecular formula is C16H15N5OS2. The van der Waals surface area contributed by atoms with Gasteiger partial charge in [-0.1, -0.05) is 30.8 Å². The molecule has 122 valence electrons. The molecule has 0 aliphatic heterocycles. The summed E-state index contributed by atoms with van der Waals surface area (Å²) in [4.78, 5) is 8.75. The Morgan fingerprint density at radius 2 is 2.21 bits per heavy atom. The molecule has 0 spiro atoms. The van der Waals surface area contributed by atoms with Crippen LogP contribution in [0.1, 0.15) is 24.7 Å². The molecule has 0 aliphatic carbocycles. The van der Waals surface area contributed by atoms with E-state index < -0.39 is 0 Å². The molecule has 2 N–H and O–H groups in total. The number of aliphatic hydroxyl groups excluding tert-OH is 1. The number of thioether (sulfide) groups is 1. The van der Waals surface area contributed by atoms with Crippen molar-refractivity contribution in [3.05, 3.63) is 40.9 Å². The third kappa shape index (κ3) is 3.27. The van der Waals surface area contributed by atoms with Crippen LogP contribution in [0, 0.1) is 11.3 Å². The highest BCUT2D eigenvalue weighted by atomic mass is 32.2. The summed E-state index contributed by atoms with van der Waals surface area (Å²) in [5, 5.41) is 27.7. The quantitative estimate of drug-likeness (QED) is 0.407. The summed E-state index contributed by atoms with van der Waals surface area (Å²) in [5.41, 5.74) is 1.02. The molecule has 3 rings (SSSR count). The third-order valence-corrected chi connectivity index (χ3v) is 5.41. The Labute approximate surface area is 147 Å². The van der Waals surface area contributed by atoms with E-state index in [2.05, 4.69) is 26.2 Å². The van der Waals surface area contributed by atoms with Crippen LogP contribution in [-0.2, 0) is 6.42 Å². The first-order valence-electron chi connectivity index (χ1n) is 7.39. The van der Waals surface area contributed by atoms with Crippen molar-refractivity contribution in [3.63, 3.8) is 0 Å². The van der Waals surface area contributed by atoms with Crippen LogP contribution in [0.2, 0.25) is 0 Å². The fourth-order valence-electron chi connectivity index (χ4n) is 2.10. The number of aromatic amines is 1. The van der Waals surface area contributed by atoms with Gasteiger partial charge in [-0.25, -0.2) is 9.97 Å². The number of aryl methyl sites for hydroxylation is 1. The van der Waals surface area contributed by atoms with Crippen molar-refractivity contribution >= 4 is 38.9 Å².